The number of amides is 5. The van der Waals surface area contributed by atoms with E-state index in [-0.39, 0.29) is 6.54 Å². The summed E-state index contributed by atoms with van der Waals surface area (Å²) in [5.41, 5.74) is 6.47. The largest absolute Gasteiger partial charge is 0.351 e. The van der Waals surface area contributed by atoms with Crippen LogP contribution < -0.4 is 15.9 Å². The lowest BCUT2D eigenvalue weighted by molar-refractivity contribution is -0.135. The number of carbonyl (C=O) groups excluding carboxylic acids is 4. The van der Waals surface area contributed by atoms with E-state index in [1.54, 1.807) is 48.5 Å². The Hall–Kier alpha value is -3.12. The maximum atomic E-state index is 13.2. The van der Waals surface area contributed by atoms with Crippen LogP contribution in [0.5, 0.6) is 0 Å². The van der Waals surface area contributed by atoms with Crippen LogP contribution in [0, 0.1) is 5.92 Å². The van der Waals surface area contributed by atoms with E-state index in [2.05, 4.69) is 5.32 Å². The van der Waals surface area contributed by atoms with Crippen molar-refractivity contribution in [3.63, 3.8) is 0 Å². The Bertz CT molecular complexity index is 1470. The molecule has 1 fully saturated rings. The van der Waals surface area contributed by atoms with Gasteiger partial charge < -0.3 is 11.1 Å². The van der Waals surface area contributed by atoms with Crippen molar-refractivity contribution < 1.29 is 19.2 Å². The van der Waals surface area contributed by atoms with E-state index in [9.17, 15) is 24.0 Å². The van der Waals surface area contributed by atoms with Crippen LogP contribution in [0.4, 0.5) is 10.5 Å². The SMILES string of the molecule is NC(=O)N1C(=O)C2Sc3c(sc(=O)n3CC(=O)Nc3ccc(Cl)cc3)C(c3ccc(Cl)cc3)C2C1=O. The third-order valence-corrected chi connectivity index (χ3v) is 9.04. The van der Waals surface area contributed by atoms with E-state index in [0.29, 0.717) is 36.1 Å². The van der Waals surface area contributed by atoms with Crippen molar-refractivity contribution in [2.45, 2.75) is 22.7 Å². The predicted molar refractivity (Wildman–Crippen MR) is 137 cm³/mol. The number of urea groups is 1. The lowest BCUT2D eigenvalue weighted by Crippen LogP contribution is -2.41. The number of nitrogens with two attached hydrogens (primary N) is 1. The summed E-state index contributed by atoms with van der Waals surface area (Å²) in [6, 6.07) is 12.0. The normalized spacial score (nSPS) is 20.7. The molecule has 2 aliphatic heterocycles. The molecule has 5 amide bonds. The van der Waals surface area contributed by atoms with Gasteiger partial charge in [-0.05, 0) is 42.0 Å². The topological polar surface area (TPSA) is 132 Å². The van der Waals surface area contributed by atoms with Crippen LogP contribution in [0.2, 0.25) is 10.0 Å². The first-order valence-electron chi connectivity index (χ1n) is 10.5. The summed E-state index contributed by atoms with van der Waals surface area (Å²) in [7, 11) is 0. The predicted octanol–water partition coefficient (Wildman–Crippen LogP) is 3.53. The Morgan fingerprint density at radius 1 is 0.944 bits per heavy atom. The number of nitrogens with one attached hydrogen (secondary N) is 1. The number of anilines is 1. The molecule has 1 saturated heterocycles. The number of rotatable bonds is 4. The van der Waals surface area contributed by atoms with Crippen LogP contribution in [-0.4, -0.2) is 38.5 Å². The third kappa shape index (κ3) is 4.21. The number of thioether (sulfide) groups is 1. The third-order valence-electron chi connectivity index (χ3n) is 5.93. The molecule has 0 saturated carbocycles. The zero-order valence-corrected chi connectivity index (χ0v) is 21.3. The average Bonchev–Trinajstić information content (AvgIpc) is 3.27. The Kier molecular flexibility index (Phi) is 6.41. The number of benzene rings is 2. The van der Waals surface area contributed by atoms with Gasteiger partial charge in [0.25, 0.3) is 5.91 Å². The lowest BCUT2D eigenvalue weighted by atomic mass is 9.83. The molecule has 13 heteroatoms. The fourth-order valence-electron chi connectivity index (χ4n) is 4.38. The highest BCUT2D eigenvalue weighted by atomic mass is 35.5. The number of aromatic nitrogens is 1. The van der Waals surface area contributed by atoms with Crippen LogP contribution in [0.1, 0.15) is 16.4 Å². The highest BCUT2D eigenvalue weighted by Gasteiger charge is 2.57. The van der Waals surface area contributed by atoms with Gasteiger partial charge in [-0.3, -0.25) is 23.7 Å². The molecule has 0 spiro atoms. The van der Waals surface area contributed by atoms with Gasteiger partial charge in [-0.25, -0.2) is 4.79 Å². The van der Waals surface area contributed by atoms with Crippen molar-refractivity contribution in [2.24, 2.45) is 11.7 Å². The minimum atomic E-state index is -1.15. The number of imide groups is 3. The van der Waals surface area contributed by atoms with Gasteiger partial charge in [0, 0.05) is 26.5 Å². The molecule has 3 N–H and O–H groups in total. The van der Waals surface area contributed by atoms with E-state index in [1.807, 2.05) is 0 Å². The van der Waals surface area contributed by atoms with Gasteiger partial charge in [0.1, 0.15) is 11.8 Å². The monoisotopic (exact) mass is 562 g/mol. The molecule has 36 heavy (non-hydrogen) atoms. The first-order valence-corrected chi connectivity index (χ1v) is 13.0. The number of carbonyl (C=O) groups is 4. The molecule has 0 radical (unpaired) electrons. The number of likely N-dealkylation sites (tertiary alicyclic amines) is 1. The fourth-order valence-corrected chi connectivity index (χ4v) is 7.40. The van der Waals surface area contributed by atoms with Crippen LogP contribution >= 0.6 is 46.3 Å². The zero-order chi connectivity index (χ0) is 25.7. The maximum absolute atomic E-state index is 13.2. The molecule has 184 valence electrons. The number of hydrogen-bond acceptors (Lipinski definition) is 7. The molecule has 5 rings (SSSR count). The minimum absolute atomic E-state index is 0.313. The highest BCUT2D eigenvalue weighted by molar-refractivity contribution is 8.00. The molecule has 2 aromatic carbocycles. The van der Waals surface area contributed by atoms with Gasteiger partial charge >= 0.3 is 10.9 Å². The molecule has 3 unspecified atom stereocenters. The summed E-state index contributed by atoms with van der Waals surface area (Å²) in [6.45, 7) is -0.313. The molecule has 3 aromatic rings. The average molecular weight is 563 g/mol. The van der Waals surface area contributed by atoms with Crippen LogP contribution in [-0.2, 0) is 20.9 Å². The van der Waals surface area contributed by atoms with Gasteiger partial charge in [0.15, 0.2) is 0 Å². The van der Waals surface area contributed by atoms with Gasteiger partial charge in [0.2, 0.25) is 11.8 Å². The standard InChI is InChI=1S/C23H16Cl2N4O5S2/c24-11-3-1-10(2-4-11)15-16-17(20(32)29(19(16)31)22(26)33)35-21-18(15)36-23(34)28(21)9-14(30)27-13-7-5-12(25)6-8-13/h1-8,15-17H,9H2,(H2,26,33)(H,27,30). The Labute approximate surface area is 222 Å². The molecule has 0 aliphatic carbocycles. The van der Waals surface area contributed by atoms with Crippen molar-refractivity contribution >= 4 is 75.7 Å². The van der Waals surface area contributed by atoms with Gasteiger partial charge in [-0.2, -0.15) is 4.90 Å². The van der Waals surface area contributed by atoms with Crippen molar-refractivity contribution in [3.05, 3.63) is 78.7 Å². The zero-order valence-electron chi connectivity index (χ0n) is 18.1. The van der Waals surface area contributed by atoms with Crippen molar-refractivity contribution in [1.29, 1.82) is 0 Å². The van der Waals surface area contributed by atoms with Crippen LogP contribution in [0.25, 0.3) is 0 Å². The quantitative estimate of drug-likeness (QED) is 0.467. The number of nitrogens with zero attached hydrogens (tertiary/aromatic N) is 2. The Morgan fingerprint density at radius 2 is 1.56 bits per heavy atom. The molecule has 0 bridgehead atoms. The molecule has 2 aliphatic rings. The van der Waals surface area contributed by atoms with Crippen LogP contribution in [0.3, 0.4) is 0 Å². The first kappa shape index (κ1) is 24.6. The second-order valence-electron chi connectivity index (χ2n) is 8.12. The molecule has 1 aromatic heterocycles. The summed E-state index contributed by atoms with van der Waals surface area (Å²) in [6.07, 6.45) is 0. The Morgan fingerprint density at radius 3 is 2.17 bits per heavy atom. The Balaban J connectivity index is 1.55. The van der Waals surface area contributed by atoms with Gasteiger partial charge in [0.05, 0.1) is 10.9 Å². The summed E-state index contributed by atoms with van der Waals surface area (Å²) in [5.74, 6) is -3.58. The summed E-state index contributed by atoms with van der Waals surface area (Å²) in [4.78, 5) is 64.4. The van der Waals surface area contributed by atoms with Gasteiger partial charge in [-0.1, -0.05) is 58.4 Å². The fraction of sp³-hybridized carbons (Fsp3) is 0.174. The van der Waals surface area contributed by atoms with E-state index in [1.165, 1.54) is 4.57 Å². The smallest absolute Gasteiger partial charge is 0.328 e. The second-order valence-corrected chi connectivity index (χ2v) is 11.1. The second kappa shape index (κ2) is 9.40. The summed E-state index contributed by atoms with van der Waals surface area (Å²) < 4.78 is 1.28. The van der Waals surface area contributed by atoms with Crippen LogP contribution in [0.15, 0.2) is 58.4 Å². The summed E-state index contributed by atoms with van der Waals surface area (Å²) >= 11 is 13.8. The van der Waals surface area contributed by atoms with Crippen molar-refractivity contribution in [2.75, 3.05) is 5.32 Å². The molecule has 3 heterocycles. The number of thiazole rings is 1. The van der Waals surface area contributed by atoms with Gasteiger partial charge in [-0.15, -0.1) is 0 Å². The molecule has 9 nitrogen and oxygen atoms in total. The lowest BCUT2D eigenvalue weighted by Gasteiger charge is -2.30. The number of fused-ring (bicyclic) bond motifs is 2. The number of hydrogen-bond donors (Lipinski definition) is 2. The number of primary amides is 1. The first-order chi connectivity index (χ1) is 17.2. The molecular formula is C23H16Cl2N4O5S2. The highest BCUT2D eigenvalue weighted by Crippen LogP contribution is 2.53. The molecular weight excluding hydrogens is 547 g/mol. The molecule has 3 atom stereocenters. The van der Waals surface area contributed by atoms with E-state index in [0.717, 1.165) is 23.1 Å². The maximum Gasteiger partial charge on any atom is 0.328 e. The minimum Gasteiger partial charge on any atom is -0.351 e. The van der Waals surface area contributed by atoms with Crippen molar-refractivity contribution in [3.8, 4) is 0 Å². The van der Waals surface area contributed by atoms with E-state index < -0.39 is 45.7 Å². The van der Waals surface area contributed by atoms with Crippen molar-refractivity contribution in [1.82, 2.24) is 9.47 Å². The van der Waals surface area contributed by atoms with E-state index >= 15 is 0 Å². The van der Waals surface area contributed by atoms with E-state index in [4.69, 9.17) is 28.9 Å². The summed E-state index contributed by atoms with van der Waals surface area (Å²) in [5, 5.41) is 3.09. The number of halogens is 2.